The Bertz CT molecular complexity index is 474. The van der Waals surface area contributed by atoms with Crippen LogP contribution in [0.1, 0.15) is 32.0 Å². The van der Waals surface area contributed by atoms with Gasteiger partial charge in [-0.1, -0.05) is 0 Å². The molecule has 2 rings (SSSR count). The Balaban J connectivity index is 2.08. The molecule has 0 atom stereocenters. The third-order valence-corrected chi connectivity index (χ3v) is 2.93. The molecule has 100 valence electrons. The highest BCUT2D eigenvalue weighted by molar-refractivity contribution is 5.19. The average molecular weight is 251 g/mol. The number of rotatable bonds is 3. The van der Waals surface area contributed by atoms with Crippen molar-refractivity contribution >= 4 is 0 Å². The molecule has 0 saturated heterocycles. The Labute approximate surface area is 107 Å². The zero-order chi connectivity index (χ0) is 13.2. The maximum Gasteiger partial charge on any atom is 0.256 e. The summed E-state index contributed by atoms with van der Waals surface area (Å²) in [6, 6.07) is 0. The molecule has 1 N–H and O–H groups in total. The van der Waals surface area contributed by atoms with E-state index in [1.54, 1.807) is 10.9 Å². The molecule has 0 amide bonds. The molecule has 1 aliphatic rings. The summed E-state index contributed by atoms with van der Waals surface area (Å²) in [5.74, 6) is 0. The van der Waals surface area contributed by atoms with Crippen LogP contribution in [0.3, 0.4) is 0 Å². The van der Waals surface area contributed by atoms with Crippen LogP contribution in [0.4, 0.5) is 0 Å². The van der Waals surface area contributed by atoms with Crippen molar-refractivity contribution in [2.75, 3.05) is 13.2 Å². The van der Waals surface area contributed by atoms with Gasteiger partial charge in [0.05, 0.1) is 30.8 Å². The number of nitrogens with zero attached hydrogens (tertiary/aromatic N) is 2. The van der Waals surface area contributed by atoms with Crippen molar-refractivity contribution in [2.24, 2.45) is 0 Å². The summed E-state index contributed by atoms with van der Waals surface area (Å²) >= 11 is 0. The molecule has 2 heterocycles. The Morgan fingerprint density at radius 1 is 1.50 bits per heavy atom. The van der Waals surface area contributed by atoms with E-state index >= 15 is 0 Å². The van der Waals surface area contributed by atoms with Crippen molar-refractivity contribution in [3.63, 3.8) is 0 Å². The highest BCUT2D eigenvalue weighted by atomic mass is 16.5. The zero-order valence-electron chi connectivity index (χ0n) is 11.3. The standard InChI is InChI=1S/C13H21N3O2/c1-13(2,3)18-7-6-16-9-15-11-8-14-5-4-10(11)12(16)17/h9,14H,4-8H2,1-3H3. The van der Waals surface area contributed by atoms with Crippen LogP contribution in [0, 0.1) is 0 Å². The van der Waals surface area contributed by atoms with E-state index in [0.717, 1.165) is 24.2 Å². The molecule has 1 aliphatic heterocycles. The monoisotopic (exact) mass is 251 g/mol. The predicted octanol–water partition coefficient (Wildman–Crippen LogP) is 0.704. The first-order chi connectivity index (χ1) is 8.47. The number of aromatic nitrogens is 2. The number of nitrogens with one attached hydrogen (secondary N) is 1. The second kappa shape index (κ2) is 5.20. The van der Waals surface area contributed by atoms with Crippen LogP contribution < -0.4 is 10.9 Å². The molecular formula is C13H21N3O2. The lowest BCUT2D eigenvalue weighted by atomic mass is 10.1. The van der Waals surface area contributed by atoms with E-state index in [2.05, 4.69) is 10.3 Å². The summed E-state index contributed by atoms with van der Waals surface area (Å²) in [4.78, 5) is 16.5. The fourth-order valence-corrected chi connectivity index (χ4v) is 2.00. The second-order valence-corrected chi connectivity index (χ2v) is 5.56. The Morgan fingerprint density at radius 3 is 3.00 bits per heavy atom. The van der Waals surface area contributed by atoms with Crippen LogP contribution in [-0.4, -0.2) is 28.3 Å². The van der Waals surface area contributed by atoms with Crippen LogP contribution in [-0.2, 0) is 24.2 Å². The lowest BCUT2D eigenvalue weighted by Crippen LogP contribution is -2.35. The van der Waals surface area contributed by atoms with E-state index in [1.165, 1.54) is 0 Å². The van der Waals surface area contributed by atoms with Crippen LogP contribution in [0.5, 0.6) is 0 Å². The van der Waals surface area contributed by atoms with Crippen LogP contribution in [0.15, 0.2) is 11.1 Å². The Morgan fingerprint density at radius 2 is 2.28 bits per heavy atom. The zero-order valence-corrected chi connectivity index (χ0v) is 11.3. The SMILES string of the molecule is CC(C)(C)OCCn1cnc2c(c1=O)CCNC2. The van der Waals surface area contributed by atoms with Gasteiger partial charge in [0.15, 0.2) is 0 Å². The number of fused-ring (bicyclic) bond motifs is 1. The van der Waals surface area contributed by atoms with Gasteiger partial charge in [-0.2, -0.15) is 0 Å². The van der Waals surface area contributed by atoms with Crippen molar-refractivity contribution in [2.45, 2.75) is 45.9 Å². The normalized spacial score (nSPS) is 15.5. The third-order valence-electron chi connectivity index (χ3n) is 2.93. The van der Waals surface area contributed by atoms with Gasteiger partial charge < -0.3 is 10.1 Å². The average Bonchev–Trinajstić information content (AvgIpc) is 2.31. The maximum atomic E-state index is 12.2. The van der Waals surface area contributed by atoms with Gasteiger partial charge in [-0.05, 0) is 33.7 Å². The molecule has 0 fully saturated rings. The van der Waals surface area contributed by atoms with Crippen molar-refractivity contribution in [1.29, 1.82) is 0 Å². The molecule has 1 aromatic rings. The second-order valence-electron chi connectivity index (χ2n) is 5.56. The summed E-state index contributed by atoms with van der Waals surface area (Å²) < 4.78 is 7.28. The van der Waals surface area contributed by atoms with Crippen molar-refractivity contribution in [3.8, 4) is 0 Å². The minimum absolute atomic E-state index is 0.0824. The van der Waals surface area contributed by atoms with E-state index in [-0.39, 0.29) is 11.2 Å². The quantitative estimate of drug-likeness (QED) is 0.859. The van der Waals surface area contributed by atoms with Crippen LogP contribution >= 0.6 is 0 Å². The van der Waals surface area contributed by atoms with Gasteiger partial charge in [-0.15, -0.1) is 0 Å². The smallest absolute Gasteiger partial charge is 0.256 e. The fraction of sp³-hybridized carbons (Fsp3) is 0.692. The lowest BCUT2D eigenvalue weighted by molar-refractivity contribution is -0.00726. The minimum Gasteiger partial charge on any atom is -0.374 e. The van der Waals surface area contributed by atoms with Gasteiger partial charge in [0.1, 0.15) is 0 Å². The molecule has 0 spiro atoms. The number of hydrogen-bond acceptors (Lipinski definition) is 4. The molecule has 0 aromatic carbocycles. The van der Waals surface area contributed by atoms with Crippen molar-refractivity contribution in [1.82, 2.24) is 14.9 Å². The summed E-state index contributed by atoms with van der Waals surface area (Å²) in [6.07, 6.45) is 2.39. The number of ether oxygens (including phenoxy) is 1. The van der Waals surface area contributed by atoms with Gasteiger partial charge in [0.25, 0.3) is 5.56 Å². The fourth-order valence-electron chi connectivity index (χ4n) is 2.00. The molecule has 0 saturated carbocycles. The van der Waals surface area contributed by atoms with E-state index in [4.69, 9.17) is 4.74 Å². The maximum absolute atomic E-state index is 12.2. The third kappa shape index (κ3) is 3.17. The minimum atomic E-state index is -0.171. The predicted molar refractivity (Wildman–Crippen MR) is 69.6 cm³/mol. The van der Waals surface area contributed by atoms with E-state index < -0.39 is 0 Å². The van der Waals surface area contributed by atoms with Gasteiger partial charge in [-0.3, -0.25) is 9.36 Å². The van der Waals surface area contributed by atoms with Crippen molar-refractivity contribution < 1.29 is 4.74 Å². The topological polar surface area (TPSA) is 56.2 Å². The van der Waals surface area contributed by atoms with Gasteiger partial charge in [0, 0.05) is 12.1 Å². The van der Waals surface area contributed by atoms with Crippen molar-refractivity contribution in [3.05, 3.63) is 27.9 Å². The number of hydrogen-bond donors (Lipinski definition) is 1. The first kappa shape index (κ1) is 13.2. The summed E-state index contributed by atoms with van der Waals surface area (Å²) in [6.45, 7) is 8.66. The van der Waals surface area contributed by atoms with E-state index in [9.17, 15) is 4.79 Å². The molecule has 0 unspecified atom stereocenters. The molecule has 18 heavy (non-hydrogen) atoms. The van der Waals surface area contributed by atoms with Gasteiger partial charge in [-0.25, -0.2) is 4.98 Å². The van der Waals surface area contributed by atoms with Crippen LogP contribution in [0.2, 0.25) is 0 Å². The molecule has 5 nitrogen and oxygen atoms in total. The van der Waals surface area contributed by atoms with Gasteiger partial charge >= 0.3 is 0 Å². The van der Waals surface area contributed by atoms with Crippen LogP contribution in [0.25, 0.3) is 0 Å². The molecule has 1 aromatic heterocycles. The molecular weight excluding hydrogens is 230 g/mol. The Kier molecular flexibility index (Phi) is 3.82. The molecule has 0 bridgehead atoms. The molecule has 0 aliphatic carbocycles. The first-order valence-corrected chi connectivity index (χ1v) is 6.39. The summed E-state index contributed by atoms with van der Waals surface area (Å²) in [5, 5.41) is 3.22. The molecule has 5 heteroatoms. The molecule has 0 radical (unpaired) electrons. The van der Waals surface area contributed by atoms with Gasteiger partial charge in [0.2, 0.25) is 0 Å². The summed E-state index contributed by atoms with van der Waals surface area (Å²) in [5.41, 5.74) is 1.65. The lowest BCUT2D eigenvalue weighted by Gasteiger charge is -2.20. The van der Waals surface area contributed by atoms with E-state index in [1.807, 2.05) is 20.8 Å². The summed E-state index contributed by atoms with van der Waals surface area (Å²) in [7, 11) is 0. The highest BCUT2D eigenvalue weighted by Crippen LogP contribution is 2.07. The largest absolute Gasteiger partial charge is 0.374 e. The Hall–Kier alpha value is -1.20. The highest BCUT2D eigenvalue weighted by Gasteiger charge is 2.15. The first-order valence-electron chi connectivity index (χ1n) is 6.39. The van der Waals surface area contributed by atoms with E-state index in [0.29, 0.717) is 19.7 Å².